The van der Waals surface area contributed by atoms with Gasteiger partial charge < -0.3 is 20.4 Å². The van der Waals surface area contributed by atoms with Gasteiger partial charge in [0.15, 0.2) is 11.7 Å². The van der Waals surface area contributed by atoms with E-state index in [-0.39, 0.29) is 29.9 Å². The van der Waals surface area contributed by atoms with E-state index in [9.17, 15) is 4.79 Å². The lowest BCUT2D eigenvalue weighted by Gasteiger charge is -2.11. The number of carbonyl (C=O) groups excluding carboxylic acids is 1. The summed E-state index contributed by atoms with van der Waals surface area (Å²) >= 11 is 5.89. The lowest BCUT2D eigenvalue weighted by molar-refractivity contribution is 0.0925. The lowest BCUT2D eigenvalue weighted by Crippen LogP contribution is -2.38. The Balaban J connectivity index is 0.00000364. The number of aryl methyl sites for hydroxylation is 1. The number of amides is 1. The van der Waals surface area contributed by atoms with Crippen LogP contribution in [0.15, 0.2) is 46.0 Å². The van der Waals surface area contributed by atoms with Crippen LogP contribution in [0.4, 0.5) is 0 Å². The highest BCUT2D eigenvalue weighted by atomic mass is 127. The van der Waals surface area contributed by atoms with E-state index in [1.165, 1.54) is 6.26 Å². The number of rotatable bonds is 8. The number of nitrogens with zero attached hydrogens (tertiary/aromatic N) is 1. The van der Waals surface area contributed by atoms with Crippen molar-refractivity contribution in [3.8, 4) is 0 Å². The van der Waals surface area contributed by atoms with Crippen LogP contribution < -0.4 is 16.0 Å². The van der Waals surface area contributed by atoms with Crippen molar-refractivity contribution in [2.45, 2.75) is 26.8 Å². The summed E-state index contributed by atoms with van der Waals surface area (Å²) in [5, 5.41) is 10.0. The average molecular weight is 505 g/mol. The smallest absolute Gasteiger partial charge is 0.287 e. The summed E-state index contributed by atoms with van der Waals surface area (Å²) in [6.07, 6.45) is 2.29. The number of guanidine groups is 1. The number of carbonyl (C=O) groups is 1. The number of nitrogens with one attached hydrogen (secondary N) is 3. The third-order valence-electron chi connectivity index (χ3n) is 3.68. The summed E-state index contributed by atoms with van der Waals surface area (Å²) in [5.74, 6) is 0.933. The predicted octanol–water partition coefficient (Wildman–Crippen LogP) is 3.73. The Morgan fingerprint density at radius 1 is 1.11 bits per heavy atom. The first-order chi connectivity index (χ1) is 12.6. The molecule has 0 saturated carbocycles. The molecule has 0 saturated heterocycles. The number of hydrogen-bond acceptors (Lipinski definition) is 3. The van der Waals surface area contributed by atoms with Gasteiger partial charge in [-0.25, -0.2) is 4.99 Å². The second-order valence-corrected chi connectivity index (χ2v) is 6.23. The Bertz CT molecular complexity index is 732. The maximum absolute atomic E-state index is 11.9. The quantitative estimate of drug-likeness (QED) is 0.222. The van der Waals surface area contributed by atoms with Crippen LogP contribution >= 0.6 is 35.6 Å². The Morgan fingerprint density at radius 3 is 2.44 bits per heavy atom. The molecule has 1 aromatic heterocycles. The van der Waals surface area contributed by atoms with E-state index in [0.717, 1.165) is 35.1 Å². The number of halogens is 2. The maximum Gasteiger partial charge on any atom is 0.287 e. The lowest BCUT2D eigenvalue weighted by atomic mass is 10.2. The molecule has 0 bridgehead atoms. The molecule has 148 valence electrons. The summed E-state index contributed by atoms with van der Waals surface area (Å²) in [4.78, 5) is 16.5. The Hall–Kier alpha value is -1.74. The van der Waals surface area contributed by atoms with Crippen LogP contribution in [0, 0.1) is 6.92 Å². The SMILES string of the molecule is CCNC(=NCc1ccc(Cl)cc1)NCCCNC(=O)c1occc1C.I. The Labute approximate surface area is 182 Å². The zero-order chi connectivity index (χ0) is 18.8. The zero-order valence-corrected chi connectivity index (χ0v) is 18.6. The van der Waals surface area contributed by atoms with Gasteiger partial charge in [-0.2, -0.15) is 0 Å². The van der Waals surface area contributed by atoms with Crippen molar-refractivity contribution in [2.24, 2.45) is 4.99 Å². The molecule has 0 aliphatic rings. The molecule has 2 aromatic rings. The Kier molecular flexibility index (Phi) is 10.9. The summed E-state index contributed by atoms with van der Waals surface area (Å²) in [6, 6.07) is 9.41. The van der Waals surface area contributed by atoms with Crippen LogP contribution in [0.2, 0.25) is 5.02 Å². The van der Waals surface area contributed by atoms with E-state index in [0.29, 0.717) is 25.4 Å². The number of benzene rings is 1. The van der Waals surface area contributed by atoms with Gasteiger partial charge in [-0.15, -0.1) is 24.0 Å². The highest BCUT2D eigenvalue weighted by Gasteiger charge is 2.11. The molecule has 3 N–H and O–H groups in total. The molecule has 6 nitrogen and oxygen atoms in total. The molecule has 8 heteroatoms. The zero-order valence-electron chi connectivity index (χ0n) is 15.5. The van der Waals surface area contributed by atoms with Crippen molar-refractivity contribution in [3.05, 3.63) is 58.5 Å². The van der Waals surface area contributed by atoms with Crippen molar-refractivity contribution < 1.29 is 9.21 Å². The van der Waals surface area contributed by atoms with Crippen molar-refractivity contribution in [1.82, 2.24) is 16.0 Å². The summed E-state index contributed by atoms with van der Waals surface area (Å²) in [7, 11) is 0. The summed E-state index contributed by atoms with van der Waals surface area (Å²) in [6.45, 7) is 6.47. The molecule has 0 spiro atoms. The number of hydrogen-bond donors (Lipinski definition) is 3. The van der Waals surface area contributed by atoms with E-state index in [1.54, 1.807) is 6.07 Å². The molecule has 0 radical (unpaired) electrons. The molecule has 0 fully saturated rings. The normalized spacial score (nSPS) is 10.9. The second kappa shape index (κ2) is 12.6. The highest BCUT2D eigenvalue weighted by molar-refractivity contribution is 14.0. The number of furan rings is 1. The predicted molar refractivity (Wildman–Crippen MR) is 120 cm³/mol. The van der Waals surface area contributed by atoms with E-state index in [1.807, 2.05) is 38.1 Å². The van der Waals surface area contributed by atoms with Gasteiger partial charge in [0.05, 0.1) is 12.8 Å². The molecule has 1 amide bonds. The van der Waals surface area contributed by atoms with Gasteiger partial charge in [0.2, 0.25) is 0 Å². The van der Waals surface area contributed by atoms with E-state index in [2.05, 4.69) is 20.9 Å². The van der Waals surface area contributed by atoms with Crippen LogP contribution in [-0.4, -0.2) is 31.5 Å². The van der Waals surface area contributed by atoms with Crippen molar-refractivity contribution >= 4 is 47.4 Å². The first kappa shape index (κ1) is 23.3. The fraction of sp³-hybridized carbons (Fsp3) is 0.368. The molecule has 1 heterocycles. The molecule has 0 unspecified atom stereocenters. The third-order valence-corrected chi connectivity index (χ3v) is 3.93. The first-order valence-electron chi connectivity index (χ1n) is 8.69. The topological polar surface area (TPSA) is 78.7 Å². The monoisotopic (exact) mass is 504 g/mol. The van der Waals surface area contributed by atoms with Crippen molar-refractivity contribution in [1.29, 1.82) is 0 Å². The van der Waals surface area contributed by atoms with E-state index >= 15 is 0 Å². The average Bonchev–Trinajstić information content (AvgIpc) is 3.06. The molecular formula is C19H26ClIN4O2. The summed E-state index contributed by atoms with van der Waals surface area (Å²) in [5.41, 5.74) is 1.93. The van der Waals surface area contributed by atoms with Gasteiger partial charge in [0.1, 0.15) is 0 Å². The molecular weight excluding hydrogens is 479 g/mol. The molecule has 0 aliphatic carbocycles. The number of aliphatic imine (C=N–C) groups is 1. The standard InChI is InChI=1S/C19H25ClN4O2.HI/c1-3-21-19(24-13-15-5-7-16(20)8-6-15)23-11-4-10-22-18(25)17-14(2)9-12-26-17;/h5-9,12H,3-4,10-11,13H2,1-2H3,(H,22,25)(H2,21,23,24);1H. The largest absolute Gasteiger partial charge is 0.459 e. The van der Waals surface area contributed by atoms with Crippen molar-refractivity contribution in [3.63, 3.8) is 0 Å². The minimum Gasteiger partial charge on any atom is -0.459 e. The van der Waals surface area contributed by atoms with Crippen LogP contribution in [0.3, 0.4) is 0 Å². The van der Waals surface area contributed by atoms with Gasteiger partial charge in [-0.3, -0.25) is 4.79 Å². The van der Waals surface area contributed by atoms with E-state index in [4.69, 9.17) is 16.0 Å². The minimum absolute atomic E-state index is 0. The Morgan fingerprint density at radius 2 is 1.81 bits per heavy atom. The molecule has 0 atom stereocenters. The van der Waals surface area contributed by atoms with Gasteiger partial charge in [0, 0.05) is 30.2 Å². The van der Waals surface area contributed by atoms with Crippen LogP contribution in [-0.2, 0) is 6.54 Å². The van der Waals surface area contributed by atoms with Gasteiger partial charge in [0.25, 0.3) is 5.91 Å². The third kappa shape index (κ3) is 8.21. The molecule has 2 rings (SSSR count). The fourth-order valence-corrected chi connectivity index (χ4v) is 2.41. The maximum atomic E-state index is 11.9. The molecule has 1 aromatic carbocycles. The summed E-state index contributed by atoms with van der Waals surface area (Å²) < 4.78 is 5.17. The highest BCUT2D eigenvalue weighted by Crippen LogP contribution is 2.10. The van der Waals surface area contributed by atoms with Crippen LogP contribution in [0.1, 0.15) is 35.0 Å². The van der Waals surface area contributed by atoms with E-state index < -0.39 is 0 Å². The van der Waals surface area contributed by atoms with Crippen LogP contribution in [0.5, 0.6) is 0 Å². The minimum atomic E-state index is -0.184. The molecule has 27 heavy (non-hydrogen) atoms. The fourth-order valence-electron chi connectivity index (χ4n) is 2.28. The first-order valence-corrected chi connectivity index (χ1v) is 9.07. The second-order valence-electron chi connectivity index (χ2n) is 5.79. The van der Waals surface area contributed by atoms with Gasteiger partial charge in [-0.05, 0) is 44.0 Å². The molecule has 0 aliphatic heterocycles. The van der Waals surface area contributed by atoms with Crippen molar-refractivity contribution in [2.75, 3.05) is 19.6 Å². The van der Waals surface area contributed by atoms with Gasteiger partial charge in [-0.1, -0.05) is 23.7 Å². The van der Waals surface area contributed by atoms with Crippen LogP contribution in [0.25, 0.3) is 0 Å². The van der Waals surface area contributed by atoms with Gasteiger partial charge >= 0.3 is 0 Å².